The molecule has 0 spiro atoms. The van der Waals surface area contributed by atoms with E-state index in [1.165, 1.54) is 5.56 Å². The minimum atomic E-state index is -3.35. The molecule has 0 amide bonds. The van der Waals surface area contributed by atoms with E-state index in [2.05, 4.69) is 16.8 Å². The Kier molecular flexibility index (Phi) is 4.75. The number of hydrogen-bond acceptors (Lipinski definition) is 4. The summed E-state index contributed by atoms with van der Waals surface area (Å²) in [5, 5.41) is 0. The molecule has 1 saturated heterocycles. The summed E-state index contributed by atoms with van der Waals surface area (Å²) in [4.78, 5) is 6.71. The van der Waals surface area contributed by atoms with Crippen molar-refractivity contribution in [1.82, 2.24) is 14.2 Å². The first-order valence-corrected chi connectivity index (χ1v) is 9.23. The summed E-state index contributed by atoms with van der Waals surface area (Å²) >= 11 is 0. The third-order valence-electron chi connectivity index (χ3n) is 4.27. The number of benzene rings is 1. The van der Waals surface area contributed by atoms with Crippen LogP contribution in [0.4, 0.5) is 0 Å². The van der Waals surface area contributed by atoms with E-state index in [-0.39, 0.29) is 6.04 Å². The zero-order valence-electron chi connectivity index (χ0n) is 13.2. The Morgan fingerprint density at radius 1 is 1.13 bits per heavy atom. The fourth-order valence-electron chi connectivity index (χ4n) is 2.81. The molecule has 2 heterocycles. The fraction of sp³-hybridized carbons (Fsp3) is 0.353. The summed E-state index contributed by atoms with van der Waals surface area (Å²) in [5.41, 5.74) is 1.20. The van der Waals surface area contributed by atoms with Crippen molar-refractivity contribution in [3.8, 4) is 0 Å². The van der Waals surface area contributed by atoms with Crippen LogP contribution in [0.15, 0.2) is 59.8 Å². The molecule has 2 aromatic rings. The van der Waals surface area contributed by atoms with E-state index in [1.54, 1.807) is 41.0 Å². The number of sulfonamides is 1. The average Bonchev–Trinajstić information content (AvgIpc) is 2.54. The predicted molar refractivity (Wildman–Crippen MR) is 89.3 cm³/mol. The van der Waals surface area contributed by atoms with E-state index >= 15 is 0 Å². The van der Waals surface area contributed by atoms with Crippen molar-refractivity contribution in [2.45, 2.75) is 24.4 Å². The number of aromatic nitrogens is 1. The third kappa shape index (κ3) is 3.44. The van der Waals surface area contributed by atoms with Crippen molar-refractivity contribution in [3.05, 3.63) is 60.4 Å². The maximum absolute atomic E-state index is 12.5. The summed E-state index contributed by atoms with van der Waals surface area (Å²) < 4.78 is 26.6. The Bertz CT molecular complexity index is 729. The lowest BCUT2D eigenvalue weighted by molar-refractivity contribution is 0.0863. The van der Waals surface area contributed by atoms with E-state index in [4.69, 9.17) is 0 Å². The second-order valence-corrected chi connectivity index (χ2v) is 7.65. The van der Waals surface area contributed by atoms with Gasteiger partial charge in [0.25, 0.3) is 0 Å². The highest BCUT2D eigenvalue weighted by Crippen LogP contribution is 2.25. The molecule has 3 rings (SSSR count). The van der Waals surface area contributed by atoms with Crippen molar-refractivity contribution in [2.24, 2.45) is 0 Å². The number of rotatable bonds is 6. The lowest BCUT2D eigenvalue weighted by atomic mass is 10.1. The van der Waals surface area contributed by atoms with Crippen molar-refractivity contribution in [2.75, 3.05) is 19.6 Å². The molecule has 1 fully saturated rings. The fourth-order valence-corrected chi connectivity index (χ4v) is 4.34. The Hall–Kier alpha value is -1.76. The maximum atomic E-state index is 12.5. The van der Waals surface area contributed by atoms with Gasteiger partial charge in [0, 0.05) is 38.1 Å². The van der Waals surface area contributed by atoms with Gasteiger partial charge in [-0.3, -0.25) is 9.88 Å². The lowest BCUT2D eigenvalue weighted by Crippen LogP contribution is -2.60. The van der Waals surface area contributed by atoms with E-state index in [0.29, 0.717) is 18.0 Å². The molecule has 1 aliphatic rings. The van der Waals surface area contributed by atoms with Crippen LogP contribution in [-0.4, -0.2) is 48.3 Å². The molecule has 6 heteroatoms. The Balaban J connectivity index is 1.63. The molecule has 0 atom stereocenters. The molecule has 1 aromatic heterocycles. The van der Waals surface area contributed by atoms with Crippen molar-refractivity contribution in [3.63, 3.8) is 0 Å². The standard InChI is InChI=1S/C17H21N3O2S/c1-2-19(12-15-8-10-18-11-9-15)16-13-20(14-16)23(21,22)17-6-4-3-5-7-17/h3-11,16H,2,12-14H2,1H3. The minimum absolute atomic E-state index is 0.270. The molecule has 122 valence electrons. The molecule has 5 nitrogen and oxygen atoms in total. The zero-order chi connectivity index (χ0) is 16.3. The molecular weight excluding hydrogens is 310 g/mol. The summed E-state index contributed by atoms with van der Waals surface area (Å²) in [7, 11) is -3.35. The van der Waals surface area contributed by atoms with Gasteiger partial charge in [0.2, 0.25) is 10.0 Å². The average molecular weight is 331 g/mol. The molecule has 0 saturated carbocycles. The van der Waals surface area contributed by atoms with Crippen LogP contribution in [0.3, 0.4) is 0 Å². The lowest BCUT2D eigenvalue weighted by Gasteiger charge is -2.44. The smallest absolute Gasteiger partial charge is 0.243 e. The Labute approximate surface area is 137 Å². The Morgan fingerprint density at radius 2 is 1.78 bits per heavy atom. The number of hydrogen-bond donors (Lipinski definition) is 0. The van der Waals surface area contributed by atoms with Gasteiger partial charge in [0.05, 0.1) is 4.90 Å². The second kappa shape index (κ2) is 6.78. The topological polar surface area (TPSA) is 53.5 Å². The van der Waals surface area contributed by atoms with Gasteiger partial charge in [-0.15, -0.1) is 0 Å². The van der Waals surface area contributed by atoms with Gasteiger partial charge in [0.15, 0.2) is 0 Å². The highest BCUT2D eigenvalue weighted by molar-refractivity contribution is 7.89. The Morgan fingerprint density at radius 3 is 2.39 bits per heavy atom. The molecule has 0 bridgehead atoms. The van der Waals surface area contributed by atoms with Gasteiger partial charge in [0.1, 0.15) is 0 Å². The highest BCUT2D eigenvalue weighted by Gasteiger charge is 2.39. The number of likely N-dealkylation sites (N-methyl/N-ethyl adjacent to an activating group) is 1. The van der Waals surface area contributed by atoms with Crippen LogP contribution in [-0.2, 0) is 16.6 Å². The summed E-state index contributed by atoms with van der Waals surface area (Å²) in [6.07, 6.45) is 3.58. The van der Waals surface area contributed by atoms with Crippen molar-refractivity contribution < 1.29 is 8.42 Å². The van der Waals surface area contributed by atoms with Crippen LogP contribution in [0.5, 0.6) is 0 Å². The molecule has 0 unspecified atom stereocenters. The van der Waals surface area contributed by atoms with Crippen LogP contribution in [0.2, 0.25) is 0 Å². The highest BCUT2D eigenvalue weighted by atomic mass is 32.2. The first-order valence-electron chi connectivity index (χ1n) is 7.79. The predicted octanol–water partition coefficient (Wildman–Crippen LogP) is 1.98. The minimum Gasteiger partial charge on any atom is -0.294 e. The van der Waals surface area contributed by atoms with Gasteiger partial charge in [-0.05, 0) is 36.4 Å². The van der Waals surface area contributed by atoms with E-state index in [0.717, 1.165) is 13.1 Å². The summed E-state index contributed by atoms with van der Waals surface area (Å²) in [6, 6.07) is 12.9. The van der Waals surface area contributed by atoms with Crippen molar-refractivity contribution in [1.29, 1.82) is 0 Å². The van der Waals surface area contributed by atoms with Crippen LogP contribution in [0, 0.1) is 0 Å². The summed E-state index contributed by atoms with van der Waals surface area (Å²) in [5.74, 6) is 0. The molecule has 23 heavy (non-hydrogen) atoms. The largest absolute Gasteiger partial charge is 0.294 e. The first kappa shape index (κ1) is 16.1. The van der Waals surface area contributed by atoms with E-state index in [9.17, 15) is 8.42 Å². The number of nitrogens with zero attached hydrogens (tertiary/aromatic N) is 3. The van der Waals surface area contributed by atoms with E-state index in [1.807, 2.05) is 18.2 Å². The summed E-state index contributed by atoms with van der Waals surface area (Å²) in [6.45, 7) is 4.93. The zero-order valence-corrected chi connectivity index (χ0v) is 14.0. The van der Waals surface area contributed by atoms with Crippen LogP contribution < -0.4 is 0 Å². The van der Waals surface area contributed by atoms with Crippen LogP contribution in [0.1, 0.15) is 12.5 Å². The van der Waals surface area contributed by atoms with Gasteiger partial charge >= 0.3 is 0 Å². The van der Waals surface area contributed by atoms with Gasteiger partial charge < -0.3 is 0 Å². The maximum Gasteiger partial charge on any atom is 0.243 e. The SMILES string of the molecule is CCN(Cc1ccncc1)C1CN(S(=O)(=O)c2ccccc2)C1. The van der Waals surface area contributed by atoms with Gasteiger partial charge in [-0.2, -0.15) is 4.31 Å². The molecular formula is C17H21N3O2S. The van der Waals surface area contributed by atoms with Crippen LogP contribution >= 0.6 is 0 Å². The quantitative estimate of drug-likeness (QED) is 0.812. The van der Waals surface area contributed by atoms with Crippen molar-refractivity contribution >= 4 is 10.0 Å². The molecule has 1 aromatic carbocycles. The van der Waals surface area contributed by atoms with Gasteiger partial charge in [-0.1, -0.05) is 25.1 Å². The second-order valence-electron chi connectivity index (χ2n) is 5.71. The molecule has 0 N–H and O–H groups in total. The molecule has 0 aliphatic carbocycles. The monoisotopic (exact) mass is 331 g/mol. The van der Waals surface area contributed by atoms with Crippen LogP contribution in [0.25, 0.3) is 0 Å². The molecule has 0 radical (unpaired) electrons. The normalized spacial score (nSPS) is 16.4. The third-order valence-corrected chi connectivity index (χ3v) is 6.11. The van der Waals surface area contributed by atoms with E-state index < -0.39 is 10.0 Å². The first-order chi connectivity index (χ1) is 11.1. The number of pyridine rings is 1. The molecule has 1 aliphatic heterocycles. The van der Waals surface area contributed by atoms with Gasteiger partial charge in [-0.25, -0.2) is 8.42 Å².